The van der Waals surface area contributed by atoms with Crippen LogP contribution in [-0.2, 0) is 11.3 Å². The maximum Gasteiger partial charge on any atom is 0.191 e. The molecule has 1 aliphatic carbocycles. The van der Waals surface area contributed by atoms with Gasteiger partial charge >= 0.3 is 0 Å². The molecule has 1 aromatic rings. The second kappa shape index (κ2) is 9.96. The third-order valence-corrected chi connectivity index (χ3v) is 6.80. The van der Waals surface area contributed by atoms with Crippen LogP contribution in [0.5, 0.6) is 0 Å². The first-order valence-electron chi connectivity index (χ1n) is 11.0. The molecule has 3 fully saturated rings. The number of rotatable bonds is 5. The third-order valence-electron chi connectivity index (χ3n) is 6.80. The normalized spacial score (nSPS) is 31.3. The highest BCUT2D eigenvalue weighted by Gasteiger charge is 2.59. The minimum atomic E-state index is 0. The van der Waals surface area contributed by atoms with Crippen molar-refractivity contribution < 1.29 is 4.74 Å². The van der Waals surface area contributed by atoms with Crippen molar-refractivity contribution >= 4 is 29.9 Å². The first kappa shape index (κ1) is 22.8. The van der Waals surface area contributed by atoms with Crippen molar-refractivity contribution in [3.63, 3.8) is 0 Å². The number of nitrogens with one attached hydrogen (secondary N) is 2. The van der Waals surface area contributed by atoms with Gasteiger partial charge in [0.2, 0.25) is 0 Å². The van der Waals surface area contributed by atoms with E-state index in [9.17, 15) is 0 Å². The van der Waals surface area contributed by atoms with Crippen molar-refractivity contribution in [2.45, 2.75) is 64.8 Å². The Labute approximate surface area is 193 Å². The Bertz CT molecular complexity index is 681. The summed E-state index contributed by atoms with van der Waals surface area (Å²) in [5.41, 5.74) is 1.57. The molecule has 3 aliphatic rings. The van der Waals surface area contributed by atoms with Gasteiger partial charge in [-0.2, -0.15) is 0 Å². The first-order chi connectivity index (χ1) is 13.6. The van der Waals surface area contributed by atoms with E-state index < -0.39 is 0 Å². The molecule has 6 heteroatoms. The summed E-state index contributed by atoms with van der Waals surface area (Å²) in [6, 6.07) is 11.7. The number of halogens is 1. The van der Waals surface area contributed by atoms with E-state index in [2.05, 4.69) is 66.6 Å². The fraction of sp³-hybridized carbons (Fsp3) is 0.696. The fourth-order valence-electron chi connectivity index (χ4n) is 5.41. The number of ether oxygens (including phenoxy) is 1. The van der Waals surface area contributed by atoms with Crippen LogP contribution >= 0.6 is 24.0 Å². The molecule has 162 valence electrons. The van der Waals surface area contributed by atoms with Crippen molar-refractivity contribution in [3.8, 4) is 0 Å². The van der Waals surface area contributed by atoms with E-state index in [0.29, 0.717) is 24.1 Å². The van der Waals surface area contributed by atoms with E-state index in [4.69, 9.17) is 9.73 Å². The van der Waals surface area contributed by atoms with E-state index in [1.54, 1.807) is 0 Å². The molecule has 1 saturated carbocycles. The lowest BCUT2D eigenvalue weighted by Crippen LogP contribution is -2.68. The van der Waals surface area contributed by atoms with Crippen molar-refractivity contribution in [1.29, 1.82) is 0 Å². The quantitative estimate of drug-likeness (QED) is 0.360. The zero-order valence-electron chi connectivity index (χ0n) is 18.1. The average Bonchev–Trinajstić information content (AvgIpc) is 3.14. The summed E-state index contributed by atoms with van der Waals surface area (Å²) >= 11 is 0. The van der Waals surface area contributed by atoms with Gasteiger partial charge in [0, 0.05) is 49.7 Å². The third kappa shape index (κ3) is 5.07. The molecule has 2 N–H and O–H groups in total. The molecule has 2 saturated heterocycles. The van der Waals surface area contributed by atoms with Crippen molar-refractivity contribution in [2.24, 2.45) is 16.3 Å². The lowest BCUT2D eigenvalue weighted by molar-refractivity contribution is -0.106. The van der Waals surface area contributed by atoms with Gasteiger partial charge in [-0.1, -0.05) is 44.2 Å². The second-order valence-corrected chi connectivity index (χ2v) is 9.21. The summed E-state index contributed by atoms with van der Waals surface area (Å²) < 4.78 is 5.95. The van der Waals surface area contributed by atoms with Gasteiger partial charge < -0.3 is 15.4 Å². The lowest BCUT2D eigenvalue weighted by Gasteiger charge is -2.55. The van der Waals surface area contributed by atoms with Crippen molar-refractivity contribution in [3.05, 3.63) is 35.9 Å². The highest BCUT2D eigenvalue weighted by Crippen LogP contribution is 2.52. The van der Waals surface area contributed by atoms with Gasteiger partial charge in [0.1, 0.15) is 0 Å². The Kier molecular flexibility index (Phi) is 7.84. The molecule has 0 radical (unpaired) electrons. The number of hydrogen-bond donors (Lipinski definition) is 2. The fourth-order valence-corrected chi connectivity index (χ4v) is 5.41. The summed E-state index contributed by atoms with van der Waals surface area (Å²) in [4.78, 5) is 7.33. The van der Waals surface area contributed by atoms with Crippen LogP contribution in [0.2, 0.25) is 0 Å². The van der Waals surface area contributed by atoms with Gasteiger partial charge in [-0.05, 0) is 38.3 Å². The molecule has 2 heterocycles. The molecule has 1 aromatic carbocycles. The standard InChI is InChI=1S/C23H36N4O.HI/c1-4-24-22(26-20-19-12-14-28-21(19)23(20,2)3)25-18-11-8-13-27(16-18)15-17-9-6-5-7-10-17;/h5-7,9-10,18-21H,4,8,11-16H2,1-3H3,(H2,24,25,26);1H. The number of nitrogens with zero attached hydrogens (tertiary/aromatic N) is 2. The number of guanidine groups is 1. The molecule has 0 spiro atoms. The smallest absolute Gasteiger partial charge is 0.191 e. The van der Waals surface area contributed by atoms with E-state index in [0.717, 1.165) is 32.2 Å². The van der Waals surface area contributed by atoms with Crippen LogP contribution in [0.4, 0.5) is 0 Å². The summed E-state index contributed by atoms with van der Waals surface area (Å²) in [5, 5.41) is 7.51. The van der Waals surface area contributed by atoms with Crippen LogP contribution in [0.15, 0.2) is 35.3 Å². The van der Waals surface area contributed by atoms with Crippen LogP contribution < -0.4 is 10.6 Å². The van der Waals surface area contributed by atoms with E-state index >= 15 is 0 Å². The zero-order chi connectivity index (χ0) is 19.6. The Morgan fingerprint density at radius 3 is 2.76 bits per heavy atom. The first-order valence-corrected chi connectivity index (χ1v) is 11.0. The Balaban J connectivity index is 0.00000240. The summed E-state index contributed by atoms with van der Waals surface area (Å²) in [6.07, 6.45) is 4.01. The van der Waals surface area contributed by atoms with Crippen LogP contribution in [0.1, 0.15) is 45.6 Å². The second-order valence-electron chi connectivity index (χ2n) is 9.21. The number of benzene rings is 1. The van der Waals surface area contributed by atoms with E-state index in [1.165, 1.54) is 31.4 Å². The Morgan fingerprint density at radius 1 is 1.21 bits per heavy atom. The minimum absolute atomic E-state index is 0. The topological polar surface area (TPSA) is 48.9 Å². The molecular formula is C23H37IN4O. The number of aliphatic imine (C=N–C) groups is 1. The predicted molar refractivity (Wildman–Crippen MR) is 130 cm³/mol. The minimum Gasteiger partial charge on any atom is -0.377 e. The molecule has 0 aromatic heterocycles. The summed E-state index contributed by atoms with van der Waals surface area (Å²) in [7, 11) is 0. The molecule has 29 heavy (non-hydrogen) atoms. The molecule has 4 atom stereocenters. The maximum absolute atomic E-state index is 5.95. The van der Waals surface area contributed by atoms with Crippen molar-refractivity contribution in [2.75, 3.05) is 26.2 Å². The zero-order valence-corrected chi connectivity index (χ0v) is 20.4. The van der Waals surface area contributed by atoms with Crippen LogP contribution in [0, 0.1) is 11.3 Å². The molecule has 2 aliphatic heterocycles. The molecule has 0 bridgehead atoms. The van der Waals surface area contributed by atoms with Gasteiger partial charge in [-0.15, -0.1) is 24.0 Å². The Morgan fingerprint density at radius 2 is 2.00 bits per heavy atom. The monoisotopic (exact) mass is 512 g/mol. The molecule has 0 amide bonds. The van der Waals surface area contributed by atoms with Crippen molar-refractivity contribution in [1.82, 2.24) is 15.5 Å². The molecule has 4 unspecified atom stereocenters. The highest BCUT2D eigenvalue weighted by atomic mass is 127. The Hall–Kier alpha value is -0.860. The van der Waals surface area contributed by atoms with E-state index in [1.807, 2.05) is 0 Å². The summed E-state index contributed by atoms with van der Waals surface area (Å²) in [5.74, 6) is 1.61. The van der Waals surface area contributed by atoms with Gasteiger partial charge in [0.05, 0.1) is 6.10 Å². The number of fused-ring (bicyclic) bond motifs is 1. The lowest BCUT2D eigenvalue weighted by atomic mass is 9.57. The van der Waals surface area contributed by atoms with Gasteiger partial charge in [-0.25, -0.2) is 0 Å². The highest BCUT2D eigenvalue weighted by molar-refractivity contribution is 14.0. The van der Waals surface area contributed by atoms with Gasteiger partial charge in [0.25, 0.3) is 0 Å². The number of hydrogen-bond acceptors (Lipinski definition) is 3. The number of piperidine rings is 1. The van der Waals surface area contributed by atoms with Gasteiger partial charge in [0.15, 0.2) is 5.96 Å². The van der Waals surface area contributed by atoms with Crippen LogP contribution in [-0.4, -0.2) is 55.3 Å². The molecule has 5 nitrogen and oxygen atoms in total. The van der Waals surface area contributed by atoms with E-state index in [-0.39, 0.29) is 29.4 Å². The summed E-state index contributed by atoms with van der Waals surface area (Å²) in [6.45, 7) is 11.7. The van der Waals surface area contributed by atoms with Crippen LogP contribution in [0.3, 0.4) is 0 Å². The maximum atomic E-state index is 5.95. The molecule has 4 rings (SSSR count). The van der Waals surface area contributed by atoms with Gasteiger partial charge in [-0.3, -0.25) is 9.89 Å². The predicted octanol–water partition coefficient (Wildman–Crippen LogP) is 3.64. The molecular weight excluding hydrogens is 475 g/mol. The SMILES string of the molecule is CCN=C(NC1CCCN(Cc2ccccc2)C1)NC1C2CCOC2C1(C)C.I. The average molecular weight is 512 g/mol. The number of likely N-dealkylation sites (tertiary alicyclic amines) is 1. The largest absolute Gasteiger partial charge is 0.377 e. The van der Waals surface area contributed by atoms with Crippen LogP contribution in [0.25, 0.3) is 0 Å².